The van der Waals surface area contributed by atoms with Gasteiger partial charge in [-0.15, -0.1) is 0 Å². The number of hydrogen-bond donors (Lipinski definition) is 1. The number of aryl methyl sites for hydroxylation is 1. The van der Waals surface area contributed by atoms with Crippen LogP contribution in [0.5, 0.6) is 0 Å². The van der Waals surface area contributed by atoms with Gasteiger partial charge in [0.05, 0.1) is 6.04 Å². The van der Waals surface area contributed by atoms with Gasteiger partial charge in [-0.1, -0.05) is 44.5 Å². The van der Waals surface area contributed by atoms with Crippen molar-refractivity contribution in [3.05, 3.63) is 35.4 Å². The van der Waals surface area contributed by atoms with Crippen LogP contribution in [0.3, 0.4) is 0 Å². The second-order valence-electron chi connectivity index (χ2n) is 4.15. The van der Waals surface area contributed by atoms with E-state index in [1.54, 1.807) is 6.92 Å². The maximum Gasteiger partial charge on any atom is 0.217 e. The summed E-state index contributed by atoms with van der Waals surface area (Å²) in [6, 6.07) is 8.70. The second kappa shape index (κ2) is 6.31. The van der Waals surface area contributed by atoms with Crippen LogP contribution in [0.2, 0.25) is 0 Å². The zero-order valence-corrected chi connectivity index (χ0v) is 10.4. The highest BCUT2D eigenvalue weighted by Gasteiger charge is 2.09. The Kier molecular flexibility index (Phi) is 5.03. The van der Waals surface area contributed by atoms with Gasteiger partial charge in [0, 0.05) is 6.92 Å². The fourth-order valence-electron chi connectivity index (χ4n) is 1.87. The van der Waals surface area contributed by atoms with Crippen molar-refractivity contribution in [1.29, 1.82) is 0 Å². The molecule has 0 saturated carbocycles. The highest BCUT2D eigenvalue weighted by atomic mass is 16.1. The predicted molar refractivity (Wildman–Crippen MR) is 67.3 cm³/mol. The van der Waals surface area contributed by atoms with Crippen molar-refractivity contribution >= 4 is 5.91 Å². The van der Waals surface area contributed by atoms with Gasteiger partial charge in [-0.2, -0.15) is 0 Å². The normalized spacial score (nSPS) is 12.2. The Morgan fingerprint density at radius 3 is 2.31 bits per heavy atom. The molecule has 0 aliphatic heterocycles. The lowest BCUT2D eigenvalue weighted by atomic mass is 10.0. The minimum Gasteiger partial charge on any atom is -0.350 e. The van der Waals surface area contributed by atoms with Crippen LogP contribution in [-0.2, 0) is 11.2 Å². The number of carbonyl (C=O) groups excluding carboxylic acids is 1. The molecule has 1 rings (SSSR count). The van der Waals surface area contributed by atoms with Gasteiger partial charge < -0.3 is 5.32 Å². The molecule has 16 heavy (non-hydrogen) atoms. The van der Waals surface area contributed by atoms with Gasteiger partial charge in [-0.3, -0.25) is 4.79 Å². The first-order chi connectivity index (χ1) is 7.67. The highest BCUT2D eigenvalue weighted by molar-refractivity contribution is 5.73. The summed E-state index contributed by atoms with van der Waals surface area (Å²) in [4.78, 5) is 11.0. The molecule has 1 unspecified atom stereocenters. The van der Waals surface area contributed by atoms with Crippen molar-refractivity contribution in [2.24, 2.45) is 0 Å². The lowest BCUT2D eigenvalue weighted by Crippen LogP contribution is -2.25. The van der Waals surface area contributed by atoms with E-state index in [2.05, 4.69) is 43.4 Å². The van der Waals surface area contributed by atoms with E-state index in [0.717, 1.165) is 12.8 Å². The third kappa shape index (κ3) is 3.69. The minimum absolute atomic E-state index is 0.0319. The Labute approximate surface area is 98.1 Å². The maximum absolute atomic E-state index is 11.0. The van der Waals surface area contributed by atoms with Crippen LogP contribution in [0.4, 0.5) is 0 Å². The molecule has 1 amide bonds. The first kappa shape index (κ1) is 12.8. The molecule has 0 aliphatic rings. The van der Waals surface area contributed by atoms with E-state index in [1.807, 2.05) is 0 Å². The molecule has 0 aliphatic carbocycles. The Bertz CT molecular complexity index is 329. The van der Waals surface area contributed by atoms with Crippen molar-refractivity contribution in [1.82, 2.24) is 5.32 Å². The summed E-state index contributed by atoms with van der Waals surface area (Å²) in [5, 5.41) is 2.96. The van der Waals surface area contributed by atoms with Gasteiger partial charge in [-0.25, -0.2) is 0 Å². The van der Waals surface area contributed by atoms with E-state index in [1.165, 1.54) is 17.5 Å². The molecule has 2 heteroatoms. The molecule has 2 nitrogen and oxygen atoms in total. The van der Waals surface area contributed by atoms with Crippen LogP contribution >= 0.6 is 0 Å². The number of rotatable bonds is 5. The van der Waals surface area contributed by atoms with Crippen molar-refractivity contribution in [3.8, 4) is 0 Å². The van der Waals surface area contributed by atoms with Crippen LogP contribution < -0.4 is 5.32 Å². The number of amides is 1. The maximum atomic E-state index is 11.0. The molecule has 1 aromatic rings. The van der Waals surface area contributed by atoms with Gasteiger partial charge in [-0.05, 0) is 24.0 Å². The summed E-state index contributed by atoms with van der Waals surface area (Å²) >= 11 is 0. The number of benzene rings is 1. The van der Waals surface area contributed by atoms with E-state index >= 15 is 0 Å². The van der Waals surface area contributed by atoms with Crippen LogP contribution in [-0.4, -0.2) is 5.91 Å². The Morgan fingerprint density at radius 2 is 1.88 bits per heavy atom. The third-order valence-electron chi connectivity index (χ3n) is 2.71. The Morgan fingerprint density at radius 1 is 1.25 bits per heavy atom. The third-order valence-corrected chi connectivity index (χ3v) is 2.71. The molecular formula is C14H21NO. The van der Waals surface area contributed by atoms with Crippen molar-refractivity contribution in [3.63, 3.8) is 0 Å². The summed E-state index contributed by atoms with van der Waals surface area (Å²) in [6.07, 6.45) is 3.21. The van der Waals surface area contributed by atoms with Gasteiger partial charge in [0.2, 0.25) is 5.91 Å². The number of carbonyl (C=O) groups is 1. The van der Waals surface area contributed by atoms with E-state index in [-0.39, 0.29) is 11.9 Å². The van der Waals surface area contributed by atoms with Crippen molar-refractivity contribution in [2.45, 2.75) is 46.1 Å². The Hall–Kier alpha value is -1.31. The standard InChI is InChI=1S/C14H21NO/c1-4-6-12-7-9-13(10-8-12)14(5-2)15-11(3)16/h7-10,14H,4-6H2,1-3H3,(H,15,16). The average Bonchev–Trinajstić information content (AvgIpc) is 2.27. The lowest BCUT2D eigenvalue weighted by molar-refractivity contribution is -0.119. The smallest absolute Gasteiger partial charge is 0.217 e. The van der Waals surface area contributed by atoms with Crippen molar-refractivity contribution in [2.75, 3.05) is 0 Å². The predicted octanol–water partition coefficient (Wildman–Crippen LogP) is 3.23. The number of hydrogen-bond acceptors (Lipinski definition) is 1. The highest BCUT2D eigenvalue weighted by Crippen LogP contribution is 2.17. The summed E-state index contributed by atoms with van der Waals surface area (Å²) in [5.41, 5.74) is 2.56. The van der Waals surface area contributed by atoms with Gasteiger partial charge in [0.25, 0.3) is 0 Å². The van der Waals surface area contributed by atoms with Crippen LogP contribution in [0.1, 0.15) is 50.8 Å². The van der Waals surface area contributed by atoms with Crippen LogP contribution in [0, 0.1) is 0 Å². The Balaban J connectivity index is 2.73. The molecule has 0 heterocycles. The molecule has 0 fully saturated rings. The SMILES string of the molecule is CCCc1ccc(C(CC)NC(C)=O)cc1. The topological polar surface area (TPSA) is 29.1 Å². The van der Waals surface area contributed by atoms with Crippen LogP contribution in [0.15, 0.2) is 24.3 Å². The lowest BCUT2D eigenvalue weighted by Gasteiger charge is -2.16. The summed E-state index contributed by atoms with van der Waals surface area (Å²) in [7, 11) is 0. The molecule has 0 bridgehead atoms. The van der Waals surface area contributed by atoms with Crippen molar-refractivity contribution < 1.29 is 4.79 Å². The molecule has 1 atom stereocenters. The minimum atomic E-state index is 0.0319. The summed E-state index contributed by atoms with van der Waals surface area (Å²) in [5.74, 6) is 0.0319. The van der Waals surface area contributed by atoms with Gasteiger partial charge in [0.15, 0.2) is 0 Å². The first-order valence-corrected chi connectivity index (χ1v) is 6.03. The zero-order valence-electron chi connectivity index (χ0n) is 10.4. The zero-order chi connectivity index (χ0) is 12.0. The molecule has 0 saturated heterocycles. The van der Waals surface area contributed by atoms with Crippen LogP contribution in [0.25, 0.3) is 0 Å². The molecule has 88 valence electrons. The molecule has 0 aromatic heterocycles. The molecular weight excluding hydrogens is 198 g/mol. The van der Waals surface area contributed by atoms with Gasteiger partial charge in [0.1, 0.15) is 0 Å². The largest absolute Gasteiger partial charge is 0.350 e. The van der Waals surface area contributed by atoms with E-state index in [9.17, 15) is 4.79 Å². The van der Waals surface area contributed by atoms with Gasteiger partial charge >= 0.3 is 0 Å². The van der Waals surface area contributed by atoms with E-state index < -0.39 is 0 Å². The fourth-order valence-corrected chi connectivity index (χ4v) is 1.87. The molecule has 0 radical (unpaired) electrons. The molecule has 0 spiro atoms. The summed E-state index contributed by atoms with van der Waals surface area (Å²) in [6.45, 7) is 5.83. The monoisotopic (exact) mass is 219 g/mol. The first-order valence-electron chi connectivity index (χ1n) is 6.03. The quantitative estimate of drug-likeness (QED) is 0.809. The average molecular weight is 219 g/mol. The second-order valence-corrected chi connectivity index (χ2v) is 4.15. The molecule has 1 aromatic carbocycles. The summed E-state index contributed by atoms with van der Waals surface area (Å²) < 4.78 is 0. The number of nitrogens with one attached hydrogen (secondary N) is 1. The van der Waals surface area contributed by atoms with E-state index in [0.29, 0.717) is 0 Å². The molecule has 1 N–H and O–H groups in total. The fraction of sp³-hybridized carbons (Fsp3) is 0.500. The van der Waals surface area contributed by atoms with E-state index in [4.69, 9.17) is 0 Å².